The number of hydrogen-bond donors (Lipinski definition) is 0. The number of ether oxygens (including phenoxy) is 2. The molecule has 0 radical (unpaired) electrons. The van der Waals surface area contributed by atoms with Crippen molar-refractivity contribution in [3.8, 4) is 11.5 Å². The van der Waals surface area contributed by atoms with Gasteiger partial charge in [0.25, 0.3) is 10.0 Å². The van der Waals surface area contributed by atoms with Crippen LogP contribution in [0.4, 0.5) is 18.9 Å². The second-order valence-corrected chi connectivity index (χ2v) is 10.3. The molecule has 0 bridgehead atoms. The first kappa shape index (κ1) is 25.8. The van der Waals surface area contributed by atoms with E-state index in [-0.39, 0.29) is 10.6 Å². The van der Waals surface area contributed by atoms with Crippen molar-refractivity contribution in [2.75, 3.05) is 24.5 Å². The second kappa shape index (κ2) is 10.8. The second-order valence-electron chi connectivity index (χ2n) is 8.52. The largest absolute Gasteiger partial charge is 0.573 e. The molecule has 1 fully saturated rings. The average molecular weight is 521 g/mol. The summed E-state index contributed by atoms with van der Waals surface area (Å²) in [4.78, 5) is 2.24. The summed E-state index contributed by atoms with van der Waals surface area (Å²) in [7, 11) is -2.69. The van der Waals surface area contributed by atoms with Gasteiger partial charge in [-0.2, -0.15) is 0 Å². The minimum atomic E-state index is -4.89. The number of piperidine rings is 1. The van der Waals surface area contributed by atoms with Crippen molar-refractivity contribution < 1.29 is 31.1 Å². The summed E-state index contributed by atoms with van der Waals surface area (Å²) >= 11 is 0. The molecule has 1 aliphatic heterocycles. The van der Waals surface area contributed by atoms with Gasteiger partial charge in [-0.25, -0.2) is 8.42 Å². The Morgan fingerprint density at radius 1 is 0.917 bits per heavy atom. The van der Waals surface area contributed by atoms with Crippen LogP contribution in [-0.2, 0) is 16.6 Å². The van der Waals surface area contributed by atoms with Crippen LogP contribution in [0, 0.1) is 0 Å². The van der Waals surface area contributed by atoms with Crippen LogP contribution in [-0.4, -0.2) is 45.9 Å². The van der Waals surface area contributed by atoms with Crippen molar-refractivity contribution >= 4 is 15.7 Å². The fourth-order valence-corrected chi connectivity index (χ4v) is 6.13. The lowest BCUT2D eigenvalue weighted by Gasteiger charge is -2.39. The first-order valence-electron chi connectivity index (χ1n) is 11.5. The van der Waals surface area contributed by atoms with Crippen LogP contribution in [0.15, 0.2) is 83.8 Å². The van der Waals surface area contributed by atoms with Crippen LogP contribution < -0.4 is 13.8 Å². The highest BCUT2D eigenvalue weighted by Crippen LogP contribution is 2.34. The van der Waals surface area contributed by atoms with Crippen molar-refractivity contribution in [2.24, 2.45) is 0 Å². The Bertz CT molecular complexity index is 1260. The van der Waals surface area contributed by atoms with Crippen LogP contribution in [0.1, 0.15) is 18.4 Å². The summed E-state index contributed by atoms with van der Waals surface area (Å²) in [5, 5.41) is 0. The molecule has 1 heterocycles. The number of benzene rings is 3. The third kappa shape index (κ3) is 6.30. The number of alkyl halides is 3. The number of rotatable bonds is 8. The topological polar surface area (TPSA) is 59.1 Å². The van der Waals surface area contributed by atoms with Gasteiger partial charge in [-0.1, -0.05) is 42.5 Å². The Morgan fingerprint density at radius 3 is 2.25 bits per heavy atom. The Balaban J connectivity index is 1.64. The average Bonchev–Trinajstić information content (AvgIpc) is 2.85. The molecule has 4 rings (SSSR count). The van der Waals surface area contributed by atoms with Crippen molar-refractivity contribution in [3.05, 3.63) is 84.4 Å². The van der Waals surface area contributed by atoms with E-state index < -0.39 is 28.2 Å². The van der Waals surface area contributed by atoms with Crippen LogP contribution in [0.25, 0.3) is 0 Å². The van der Waals surface area contributed by atoms with Gasteiger partial charge in [0.05, 0.1) is 17.7 Å². The van der Waals surface area contributed by atoms with Crippen LogP contribution in [0.5, 0.6) is 11.5 Å². The molecule has 0 aliphatic carbocycles. The molecule has 6 nitrogen and oxygen atoms in total. The molecule has 10 heteroatoms. The molecule has 0 aromatic heterocycles. The maximum Gasteiger partial charge on any atom is 0.573 e. The molecule has 0 amide bonds. The lowest BCUT2D eigenvalue weighted by atomic mass is 10.0. The molecular formula is C26H27F3N2O4S. The molecule has 0 spiro atoms. The number of likely N-dealkylation sites (tertiary alicyclic amines) is 1. The van der Waals surface area contributed by atoms with Crippen molar-refractivity contribution in [2.45, 2.75) is 36.7 Å². The Labute approximate surface area is 208 Å². The quantitative estimate of drug-likeness (QED) is 0.395. The van der Waals surface area contributed by atoms with E-state index >= 15 is 0 Å². The zero-order chi connectivity index (χ0) is 25.8. The Morgan fingerprint density at radius 2 is 1.58 bits per heavy atom. The van der Waals surface area contributed by atoms with Gasteiger partial charge in [0.1, 0.15) is 11.5 Å². The molecule has 0 saturated carbocycles. The lowest BCUT2D eigenvalue weighted by Crippen LogP contribution is -2.47. The summed E-state index contributed by atoms with van der Waals surface area (Å²) < 4.78 is 76.8. The van der Waals surface area contributed by atoms with E-state index in [9.17, 15) is 21.6 Å². The highest BCUT2D eigenvalue weighted by molar-refractivity contribution is 7.92. The predicted octanol–water partition coefficient (Wildman–Crippen LogP) is 5.45. The van der Waals surface area contributed by atoms with E-state index in [2.05, 4.69) is 9.64 Å². The molecule has 36 heavy (non-hydrogen) atoms. The first-order chi connectivity index (χ1) is 17.2. The predicted molar refractivity (Wildman–Crippen MR) is 131 cm³/mol. The Kier molecular flexibility index (Phi) is 7.75. The molecule has 3 aromatic carbocycles. The number of hydrogen-bond acceptors (Lipinski definition) is 5. The molecule has 192 valence electrons. The van der Waals surface area contributed by atoms with Gasteiger partial charge in [0, 0.05) is 37.8 Å². The van der Waals surface area contributed by atoms with E-state index in [1.165, 1.54) is 35.7 Å². The smallest absolute Gasteiger partial charge is 0.497 e. The van der Waals surface area contributed by atoms with Crippen molar-refractivity contribution in [1.29, 1.82) is 0 Å². The SMILES string of the molecule is COc1cccc(S(=O)(=O)N(c2cccc(OC(F)(F)F)c2)C2CCN(Cc3ccccc3)CC2)c1. The summed E-state index contributed by atoms with van der Waals surface area (Å²) in [6.45, 7) is 2.02. The number of methoxy groups -OCH3 is 1. The number of nitrogens with zero attached hydrogens (tertiary/aromatic N) is 2. The molecule has 0 unspecified atom stereocenters. The van der Waals surface area contributed by atoms with Gasteiger partial charge in [-0.05, 0) is 42.7 Å². The zero-order valence-corrected chi connectivity index (χ0v) is 20.5. The minimum absolute atomic E-state index is 0.00397. The highest BCUT2D eigenvalue weighted by Gasteiger charge is 2.36. The van der Waals surface area contributed by atoms with E-state index in [4.69, 9.17) is 4.74 Å². The zero-order valence-electron chi connectivity index (χ0n) is 19.7. The Hall–Kier alpha value is -3.24. The van der Waals surface area contributed by atoms with Crippen LogP contribution in [0.3, 0.4) is 0 Å². The van der Waals surface area contributed by atoms with Gasteiger partial charge in [-0.3, -0.25) is 9.21 Å². The lowest BCUT2D eigenvalue weighted by molar-refractivity contribution is -0.274. The van der Waals surface area contributed by atoms with Gasteiger partial charge >= 0.3 is 6.36 Å². The maximum absolute atomic E-state index is 13.9. The molecule has 3 aromatic rings. The highest BCUT2D eigenvalue weighted by atomic mass is 32.2. The normalized spacial score (nSPS) is 15.4. The first-order valence-corrected chi connectivity index (χ1v) is 12.9. The summed E-state index contributed by atoms with van der Waals surface area (Å²) in [6.07, 6.45) is -3.86. The fraction of sp³-hybridized carbons (Fsp3) is 0.308. The number of anilines is 1. The molecule has 1 aliphatic rings. The maximum atomic E-state index is 13.9. The minimum Gasteiger partial charge on any atom is -0.497 e. The molecule has 0 atom stereocenters. The van der Waals surface area contributed by atoms with Crippen molar-refractivity contribution in [3.63, 3.8) is 0 Å². The molecular weight excluding hydrogens is 493 g/mol. The van der Waals surface area contributed by atoms with Gasteiger partial charge in [-0.15, -0.1) is 13.2 Å². The number of sulfonamides is 1. The van der Waals surface area contributed by atoms with Crippen molar-refractivity contribution in [1.82, 2.24) is 4.90 Å². The molecule has 0 N–H and O–H groups in total. The van der Waals surface area contributed by atoms with E-state index in [0.29, 0.717) is 31.7 Å². The van der Waals surface area contributed by atoms with E-state index in [0.717, 1.165) is 24.2 Å². The monoisotopic (exact) mass is 520 g/mol. The fourth-order valence-electron chi connectivity index (χ4n) is 4.39. The van der Waals surface area contributed by atoms with Crippen LogP contribution >= 0.6 is 0 Å². The summed E-state index contributed by atoms with van der Waals surface area (Å²) in [5.41, 5.74) is 1.27. The van der Waals surface area contributed by atoms with Gasteiger partial charge in [0.15, 0.2) is 0 Å². The number of halogens is 3. The van der Waals surface area contributed by atoms with E-state index in [1.54, 1.807) is 12.1 Å². The van der Waals surface area contributed by atoms with Gasteiger partial charge < -0.3 is 9.47 Å². The van der Waals surface area contributed by atoms with E-state index in [1.807, 2.05) is 30.3 Å². The molecule has 1 saturated heterocycles. The third-order valence-corrected chi connectivity index (χ3v) is 7.92. The van der Waals surface area contributed by atoms with Crippen LogP contribution in [0.2, 0.25) is 0 Å². The summed E-state index contributed by atoms with van der Waals surface area (Å²) in [6, 6.07) is 20.7. The standard InChI is InChI=1S/C26H27F3N2O4S/c1-34-23-10-6-12-25(18-23)36(32,33)31(22-9-5-11-24(17-22)35-26(27,28)29)21-13-15-30(16-14-21)19-20-7-3-2-4-8-20/h2-12,17-18,21H,13-16,19H2,1H3. The summed E-state index contributed by atoms with van der Waals surface area (Å²) in [5.74, 6) is -0.116. The third-order valence-electron chi connectivity index (χ3n) is 6.04. The van der Waals surface area contributed by atoms with Gasteiger partial charge in [0.2, 0.25) is 0 Å².